The van der Waals surface area contributed by atoms with Crippen LogP contribution in [0.2, 0.25) is 0 Å². The average molecular weight is 253 g/mol. The minimum atomic E-state index is 0.211. The van der Waals surface area contributed by atoms with Crippen LogP contribution in [-0.4, -0.2) is 13.7 Å². The Morgan fingerprint density at radius 1 is 1.29 bits per heavy atom. The lowest BCUT2D eigenvalue weighted by molar-refractivity contribution is 0.189. The van der Waals surface area contributed by atoms with Crippen LogP contribution in [0, 0.1) is 5.92 Å². The Morgan fingerprint density at radius 2 is 2.12 bits per heavy atom. The third kappa shape index (κ3) is 3.23. The maximum atomic E-state index is 6.59. The van der Waals surface area contributed by atoms with Gasteiger partial charge in [0.15, 0.2) is 0 Å². The van der Waals surface area contributed by atoms with Crippen LogP contribution < -0.4 is 0 Å². The van der Waals surface area contributed by atoms with Gasteiger partial charge in [-0.1, -0.05) is 30.7 Å². The highest BCUT2D eigenvalue weighted by Gasteiger charge is 2.26. The molecule has 2 atom stereocenters. The van der Waals surface area contributed by atoms with Crippen molar-refractivity contribution in [1.29, 1.82) is 0 Å². The molecule has 1 aromatic carbocycles. The highest BCUT2D eigenvalue weighted by Crippen LogP contribution is 2.41. The molecule has 0 N–H and O–H groups in total. The van der Waals surface area contributed by atoms with Crippen molar-refractivity contribution >= 4 is 11.6 Å². The van der Waals surface area contributed by atoms with Gasteiger partial charge in [0.05, 0.1) is 5.38 Å². The van der Waals surface area contributed by atoms with E-state index in [-0.39, 0.29) is 5.38 Å². The van der Waals surface area contributed by atoms with Gasteiger partial charge in [0.2, 0.25) is 0 Å². The highest BCUT2D eigenvalue weighted by atomic mass is 35.5. The molecular formula is C15H21ClO. The molecule has 0 fully saturated rings. The van der Waals surface area contributed by atoms with Crippen LogP contribution in [0.4, 0.5) is 0 Å². The predicted molar refractivity (Wildman–Crippen MR) is 72.6 cm³/mol. The van der Waals surface area contributed by atoms with E-state index in [9.17, 15) is 0 Å². The van der Waals surface area contributed by atoms with Crippen LogP contribution in [0.3, 0.4) is 0 Å². The Bertz CT molecular complexity index is 351. The first kappa shape index (κ1) is 12.9. The smallest absolute Gasteiger partial charge is 0.0616 e. The van der Waals surface area contributed by atoms with Crippen LogP contribution in [0.5, 0.6) is 0 Å². The Morgan fingerprint density at radius 3 is 2.94 bits per heavy atom. The summed E-state index contributed by atoms with van der Waals surface area (Å²) in [7, 11) is 1.77. The van der Waals surface area contributed by atoms with Gasteiger partial charge in [0, 0.05) is 13.7 Å². The number of methoxy groups -OCH3 is 1. The molecule has 2 unspecified atom stereocenters. The zero-order chi connectivity index (χ0) is 12.1. The quantitative estimate of drug-likeness (QED) is 0.559. The lowest BCUT2D eigenvalue weighted by Gasteiger charge is -2.29. The summed E-state index contributed by atoms with van der Waals surface area (Å²) in [5.74, 6) is 0.642. The normalized spacial score (nSPS) is 23.4. The van der Waals surface area contributed by atoms with Crippen molar-refractivity contribution in [2.24, 2.45) is 5.92 Å². The van der Waals surface area contributed by atoms with Crippen LogP contribution in [0.1, 0.15) is 42.2 Å². The van der Waals surface area contributed by atoms with Crippen molar-refractivity contribution in [3.05, 3.63) is 35.4 Å². The van der Waals surface area contributed by atoms with Gasteiger partial charge in [-0.05, 0) is 42.7 Å². The molecule has 0 spiro atoms. The van der Waals surface area contributed by atoms with E-state index >= 15 is 0 Å². The number of rotatable bonds is 5. The van der Waals surface area contributed by atoms with Gasteiger partial charge < -0.3 is 4.74 Å². The Kier molecular flexibility index (Phi) is 4.87. The molecule has 0 aromatic heterocycles. The third-order valence-electron chi connectivity index (χ3n) is 3.72. The monoisotopic (exact) mass is 252 g/mol. The average Bonchev–Trinajstić information content (AvgIpc) is 2.37. The summed E-state index contributed by atoms with van der Waals surface area (Å²) in [5, 5.41) is 0.211. The van der Waals surface area contributed by atoms with E-state index < -0.39 is 0 Å². The molecule has 0 heterocycles. The van der Waals surface area contributed by atoms with Crippen LogP contribution in [-0.2, 0) is 11.2 Å². The summed E-state index contributed by atoms with van der Waals surface area (Å²) in [6, 6.07) is 8.61. The first-order valence-corrected chi connectivity index (χ1v) is 6.97. The summed E-state index contributed by atoms with van der Waals surface area (Å²) >= 11 is 6.59. The molecule has 1 aliphatic carbocycles. The molecule has 1 nitrogen and oxygen atoms in total. The predicted octanol–water partition coefficient (Wildman–Crippen LogP) is 4.35. The number of benzene rings is 1. The van der Waals surface area contributed by atoms with Gasteiger partial charge in [0.1, 0.15) is 0 Å². The number of unbranched alkanes of at least 4 members (excludes halogenated alkanes) is 1. The minimum absolute atomic E-state index is 0.211. The zero-order valence-electron chi connectivity index (χ0n) is 10.5. The van der Waals surface area contributed by atoms with E-state index in [1.807, 2.05) is 0 Å². The SMILES string of the molecule is COCCCCC1CCc2ccccc2C1Cl. The third-order valence-corrected chi connectivity index (χ3v) is 4.32. The van der Waals surface area contributed by atoms with Gasteiger partial charge in [0.25, 0.3) is 0 Å². The number of hydrogen-bond acceptors (Lipinski definition) is 1. The van der Waals surface area contributed by atoms with Gasteiger partial charge >= 0.3 is 0 Å². The van der Waals surface area contributed by atoms with Gasteiger partial charge in [-0.2, -0.15) is 0 Å². The Hall–Kier alpha value is -0.530. The van der Waals surface area contributed by atoms with Crippen molar-refractivity contribution in [3.63, 3.8) is 0 Å². The van der Waals surface area contributed by atoms with Gasteiger partial charge in [-0.15, -0.1) is 11.6 Å². The standard InChI is InChI=1S/C15H21ClO/c1-17-11-5-4-7-13-10-9-12-6-2-3-8-14(12)15(13)16/h2-3,6,8,13,15H,4-5,7,9-11H2,1H3. The van der Waals surface area contributed by atoms with Crippen molar-refractivity contribution < 1.29 is 4.74 Å². The maximum Gasteiger partial charge on any atom is 0.0616 e. The summed E-state index contributed by atoms with van der Waals surface area (Å²) in [4.78, 5) is 0. The van der Waals surface area contributed by atoms with E-state index in [1.54, 1.807) is 7.11 Å². The summed E-state index contributed by atoms with van der Waals surface area (Å²) in [5.41, 5.74) is 2.80. The van der Waals surface area contributed by atoms with Crippen LogP contribution in [0.25, 0.3) is 0 Å². The van der Waals surface area contributed by atoms with E-state index in [4.69, 9.17) is 16.3 Å². The van der Waals surface area contributed by atoms with Crippen molar-refractivity contribution in [2.75, 3.05) is 13.7 Å². The van der Waals surface area contributed by atoms with Crippen molar-refractivity contribution in [1.82, 2.24) is 0 Å². The largest absolute Gasteiger partial charge is 0.385 e. The second kappa shape index (κ2) is 6.42. The number of fused-ring (bicyclic) bond motifs is 1. The van der Waals surface area contributed by atoms with E-state index in [1.165, 1.54) is 36.8 Å². The number of alkyl halides is 1. The fraction of sp³-hybridized carbons (Fsp3) is 0.600. The molecule has 0 saturated heterocycles. The van der Waals surface area contributed by atoms with Crippen molar-refractivity contribution in [3.8, 4) is 0 Å². The molecule has 0 radical (unpaired) electrons. The van der Waals surface area contributed by atoms with Gasteiger partial charge in [-0.25, -0.2) is 0 Å². The molecule has 0 bridgehead atoms. The molecule has 94 valence electrons. The number of aryl methyl sites for hydroxylation is 1. The maximum absolute atomic E-state index is 6.59. The lowest BCUT2D eigenvalue weighted by Crippen LogP contribution is -2.17. The molecule has 1 aromatic rings. The van der Waals surface area contributed by atoms with Gasteiger partial charge in [-0.3, -0.25) is 0 Å². The molecule has 1 aliphatic rings. The topological polar surface area (TPSA) is 9.23 Å². The van der Waals surface area contributed by atoms with E-state index in [0.717, 1.165) is 13.0 Å². The fourth-order valence-corrected chi connectivity index (χ4v) is 3.18. The molecule has 0 amide bonds. The van der Waals surface area contributed by atoms with Crippen molar-refractivity contribution in [2.45, 2.75) is 37.5 Å². The highest BCUT2D eigenvalue weighted by molar-refractivity contribution is 6.21. The molecule has 0 saturated carbocycles. The number of halogens is 1. The summed E-state index contributed by atoms with van der Waals surface area (Å²) in [6.07, 6.45) is 6.03. The molecule has 2 rings (SSSR count). The van der Waals surface area contributed by atoms with Crippen LogP contribution in [0.15, 0.2) is 24.3 Å². The number of ether oxygens (including phenoxy) is 1. The summed E-state index contributed by atoms with van der Waals surface area (Å²) < 4.78 is 5.08. The van der Waals surface area contributed by atoms with Crippen LogP contribution >= 0.6 is 11.6 Å². The first-order valence-electron chi connectivity index (χ1n) is 6.53. The molecular weight excluding hydrogens is 232 g/mol. The molecule has 17 heavy (non-hydrogen) atoms. The summed E-state index contributed by atoms with van der Waals surface area (Å²) in [6.45, 7) is 0.871. The number of hydrogen-bond donors (Lipinski definition) is 0. The first-order chi connectivity index (χ1) is 8.33. The second-order valence-corrected chi connectivity index (χ2v) is 5.36. The lowest BCUT2D eigenvalue weighted by atomic mass is 9.81. The zero-order valence-corrected chi connectivity index (χ0v) is 11.2. The Labute approximate surface area is 109 Å². The van der Waals surface area contributed by atoms with E-state index in [2.05, 4.69) is 24.3 Å². The molecule has 0 aliphatic heterocycles. The molecule has 2 heteroatoms. The minimum Gasteiger partial charge on any atom is -0.385 e. The fourth-order valence-electron chi connectivity index (χ4n) is 2.72. The van der Waals surface area contributed by atoms with E-state index in [0.29, 0.717) is 5.92 Å². The second-order valence-electron chi connectivity index (χ2n) is 4.89. The Balaban J connectivity index is 1.90.